The van der Waals surface area contributed by atoms with Crippen molar-refractivity contribution in [2.24, 2.45) is 0 Å². The molecule has 0 bridgehead atoms. The summed E-state index contributed by atoms with van der Waals surface area (Å²) in [4.78, 5) is 12.3. The molecule has 2 rings (SSSR count). The molecule has 0 saturated heterocycles. The molecule has 0 aliphatic heterocycles. The number of aromatic hydroxyl groups is 1. The van der Waals surface area contributed by atoms with Crippen molar-refractivity contribution >= 4 is 11.6 Å². The first-order valence-corrected chi connectivity index (χ1v) is 7.33. The van der Waals surface area contributed by atoms with Crippen LogP contribution in [-0.2, 0) is 4.79 Å². The lowest BCUT2D eigenvalue weighted by atomic mass is 10.1. The van der Waals surface area contributed by atoms with Gasteiger partial charge < -0.3 is 15.2 Å². The number of hydrogen-bond donors (Lipinski definition) is 2. The summed E-state index contributed by atoms with van der Waals surface area (Å²) in [6.45, 7) is 5.88. The Morgan fingerprint density at radius 3 is 2.64 bits per heavy atom. The van der Waals surface area contributed by atoms with Gasteiger partial charge in [0.1, 0.15) is 11.5 Å². The SMILES string of the molecule is CCC(Oc1ccc(C)cc1C)C(=O)Nc1cccc(O)c1. The molecule has 0 aliphatic rings. The van der Waals surface area contributed by atoms with Gasteiger partial charge in [-0.25, -0.2) is 0 Å². The fraction of sp³-hybridized carbons (Fsp3) is 0.278. The van der Waals surface area contributed by atoms with E-state index in [9.17, 15) is 9.90 Å². The highest BCUT2D eigenvalue weighted by Crippen LogP contribution is 2.22. The zero-order valence-electron chi connectivity index (χ0n) is 13.1. The largest absolute Gasteiger partial charge is 0.508 e. The summed E-state index contributed by atoms with van der Waals surface area (Å²) >= 11 is 0. The number of rotatable bonds is 5. The summed E-state index contributed by atoms with van der Waals surface area (Å²) in [5.74, 6) is 0.595. The molecule has 2 aromatic rings. The molecule has 116 valence electrons. The molecule has 1 amide bonds. The van der Waals surface area contributed by atoms with Crippen LogP contribution in [0.4, 0.5) is 5.69 Å². The number of phenolic OH excluding ortho intramolecular Hbond substituents is 1. The number of nitrogens with one attached hydrogen (secondary N) is 1. The third-order valence-electron chi connectivity index (χ3n) is 3.38. The van der Waals surface area contributed by atoms with Crippen molar-refractivity contribution in [1.29, 1.82) is 0 Å². The molecule has 0 radical (unpaired) electrons. The molecule has 0 saturated carbocycles. The predicted octanol–water partition coefficient (Wildman–Crippen LogP) is 3.81. The van der Waals surface area contributed by atoms with Gasteiger partial charge in [-0.2, -0.15) is 0 Å². The van der Waals surface area contributed by atoms with Gasteiger partial charge in [0.25, 0.3) is 5.91 Å². The summed E-state index contributed by atoms with van der Waals surface area (Å²) < 4.78 is 5.84. The van der Waals surface area contributed by atoms with Crippen molar-refractivity contribution in [3.05, 3.63) is 53.6 Å². The lowest BCUT2D eigenvalue weighted by molar-refractivity contribution is -0.122. The summed E-state index contributed by atoms with van der Waals surface area (Å²) in [6.07, 6.45) is -0.0263. The second-order valence-electron chi connectivity index (χ2n) is 5.32. The molecule has 2 N–H and O–H groups in total. The molecular formula is C18H21NO3. The zero-order chi connectivity index (χ0) is 16.1. The average molecular weight is 299 g/mol. The molecule has 0 fully saturated rings. The van der Waals surface area contributed by atoms with Crippen molar-refractivity contribution in [3.8, 4) is 11.5 Å². The Morgan fingerprint density at radius 1 is 1.23 bits per heavy atom. The minimum Gasteiger partial charge on any atom is -0.508 e. The van der Waals surface area contributed by atoms with E-state index in [2.05, 4.69) is 5.32 Å². The van der Waals surface area contributed by atoms with Gasteiger partial charge in [-0.15, -0.1) is 0 Å². The molecular weight excluding hydrogens is 278 g/mol. The van der Waals surface area contributed by atoms with Crippen LogP contribution in [0.25, 0.3) is 0 Å². The van der Waals surface area contributed by atoms with Gasteiger partial charge in [-0.05, 0) is 44.0 Å². The van der Waals surface area contributed by atoms with Crippen LogP contribution in [0, 0.1) is 13.8 Å². The first-order valence-electron chi connectivity index (χ1n) is 7.33. The van der Waals surface area contributed by atoms with Crippen molar-refractivity contribution in [2.45, 2.75) is 33.3 Å². The van der Waals surface area contributed by atoms with E-state index in [-0.39, 0.29) is 11.7 Å². The van der Waals surface area contributed by atoms with Crippen LogP contribution in [-0.4, -0.2) is 17.1 Å². The van der Waals surface area contributed by atoms with Gasteiger partial charge in [-0.1, -0.05) is 30.7 Å². The van der Waals surface area contributed by atoms with Crippen molar-refractivity contribution in [3.63, 3.8) is 0 Å². The van der Waals surface area contributed by atoms with Gasteiger partial charge in [0.05, 0.1) is 0 Å². The Bertz CT molecular complexity index is 667. The molecule has 4 heteroatoms. The number of aryl methyl sites for hydroxylation is 2. The molecule has 2 aromatic carbocycles. The standard InChI is InChI=1S/C18H21NO3/c1-4-16(22-17-9-8-12(2)10-13(17)3)18(21)19-14-6-5-7-15(20)11-14/h5-11,16,20H,4H2,1-3H3,(H,19,21). The first kappa shape index (κ1) is 15.9. The minimum absolute atomic E-state index is 0.112. The van der Waals surface area contributed by atoms with Crippen LogP contribution in [0.5, 0.6) is 11.5 Å². The van der Waals surface area contributed by atoms with E-state index >= 15 is 0 Å². The normalized spacial score (nSPS) is 11.8. The number of phenols is 1. The number of benzene rings is 2. The zero-order valence-corrected chi connectivity index (χ0v) is 13.1. The van der Waals surface area contributed by atoms with Crippen molar-refractivity contribution < 1.29 is 14.6 Å². The molecule has 0 aliphatic carbocycles. The summed E-state index contributed by atoms with van der Waals surface area (Å²) in [5.41, 5.74) is 2.71. The van der Waals surface area contributed by atoms with Crippen LogP contribution >= 0.6 is 0 Å². The third kappa shape index (κ3) is 4.01. The maximum atomic E-state index is 12.3. The quantitative estimate of drug-likeness (QED) is 0.882. The molecule has 0 heterocycles. The first-order chi connectivity index (χ1) is 10.5. The number of hydrogen-bond acceptors (Lipinski definition) is 3. The number of amides is 1. The number of anilines is 1. The summed E-state index contributed by atoms with van der Waals surface area (Å²) in [6, 6.07) is 12.3. The fourth-order valence-corrected chi connectivity index (χ4v) is 2.21. The molecule has 4 nitrogen and oxygen atoms in total. The monoisotopic (exact) mass is 299 g/mol. The lowest BCUT2D eigenvalue weighted by Gasteiger charge is -2.19. The molecule has 0 aromatic heterocycles. The Labute approximate surface area is 130 Å². The Hall–Kier alpha value is -2.49. The van der Waals surface area contributed by atoms with Gasteiger partial charge in [0.2, 0.25) is 0 Å². The second-order valence-corrected chi connectivity index (χ2v) is 5.32. The highest BCUT2D eigenvalue weighted by molar-refractivity contribution is 5.94. The highest BCUT2D eigenvalue weighted by Gasteiger charge is 2.19. The van der Waals surface area contributed by atoms with Crippen LogP contribution in [0.3, 0.4) is 0 Å². The minimum atomic E-state index is -0.580. The molecule has 1 atom stereocenters. The van der Waals surface area contributed by atoms with Crippen molar-refractivity contribution in [2.75, 3.05) is 5.32 Å². The summed E-state index contributed by atoms with van der Waals surface area (Å²) in [7, 11) is 0. The number of carbonyl (C=O) groups excluding carboxylic acids is 1. The van der Waals surface area contributed by atoms with Crippen LogP contribution < -0.4 is 10.1 Å². The molecule has 22 heavy (non-hydrogen) atoms. The van der Waals surface area contributed by atoms with Gasteiger partial charge in [-0.3, -0.25) is 4.79 Å². The van der Waals surface area contributed by atoms with E-state index in [1.807, 2.05) is 39.0 Å². The average Bonchev–Trinajstić information content (AvgIpc) is 2.46. The van der Waals surface area contributed by atoms with Gasteiger partial charge in [0, 0.05) is 11.8 Å². The van der Waals surface area contributed by atoms with E-state index in [0.29, 0.717) is 17.9 Å². The lowest BCUT2D eigenvalue weighted by Crippen LogP contribution is -2.32. The second kappa shape index (κ2) is 6.98. The predicted molar refractivity (Wildman–Crippen MR) is 87.4 cm³/mol. The van der Waals surface area contributed by atoms with E-state index in [1.165, 1.54) is 6.07 Å². The highest BCUT2D eigenvalue weighted by atomic mass is 16.5. The third-order valence-corrected chi connectivity index (χ3v) is 3.38. The van der Waals surface area contributed by atoms with E-state index in [0.717, 1.165) is 11.1 Å². The smallest absolute Gasteiger partial charge is 0.265 e. The van der Waals surface area contributed by atoms with E-state index < -0.39 is 6.10 Å². The Kier molecular flexibility index (Phi) is 5.04. The van der Waals surface area contributed by atoms with E-state index in [1.54, 1.807) is 18.2 Å². The summed E-state index contributed by atoms with van der Waals surface area (Å²) in [5, 5.41) is 12.2. The van der Waals surface area contributed by atoms with Crippen LogP contribution in [0.1, 0.15) is 24.5 Å². The van der Waals surface area contributed by atoms with Crippen LogP contribution in [0.2, 0.25) is 0 Å². The number of ether oxygens (including phenoxy) is 1. The van der Waals surface area contributed by atoms with Gasteiger partial charge in [0.15, 0.2) is 6.10 Å². The van der Waals surface area contributed by atoms with Crippen molar-refractivity contribution in [1.82, 2.24) is 0 Å². The molecule has 0 spiro atoms. The van der Waals surface area contributed by atoms with E-state index in [4.69, 9.17) is 4.74 Å². The topological polar surface area (TPSA) is 58.6 Å². The number of carbonyl (C=O) groups is 1. The maximum Gasteiger partial charge on any atom is 0.265 e. The van der Waals surface area contributed by atoms with Gasteiger partial charge >= 0.3 is 0 Å². The molecule has 1 unspecified atom stereocenters. The fourth-order valence-electron chi connectivity index (χ4n) is 2.21. The van der Waals surface area contributed by atoms with Crippen LogP contribution in [0.15, 0.2) is 42.5 Å². The Morgan fingerprint density at radius 2 is 2.00 bits per heavy atom. The Balaban J connectivity index is 2.09. The maximum absolute atomic E-state index is 12.3.